The summed E-state index contributed by atoms with van der Waals surface area (Å²) in [5.41, 5.74) is -0.474. The molecule has 0 aliphatic heterocycles. The first-order chi connectivity index (χ1) is 5.59. The molecule has 0 aliphatic carbocycles. The summed E-state index contributed by atoms with van der Waals surface area (Å²) in [6.07, 6.45) is 2.15. The van der Waals surface area contributed by atoms with E-state index in [9.17, 15) is 4.79 Å². The lowest BCUT2D eigenvalue weighted by Crippen LogP contribution is -2.27. The topological polar surface area (TPSA) is 30.2 Å². The zero-order chi connectivity index (χ0) is 9.19. The maximum atomic E-state index is 11.5. The summed E-state index contributed by atoms with van der Waals surface area (Å²) in [7, 11) is 0. The van der Waals surface area contributed by atoms with Crippen molar-refractivity contribution >= 4 is 5.78 Å². The SMILES string of the molecule is CCC(=O)C(C)(C)c1ccco1. The van der Waals surface area contributed by atoms with E-state index in [0.29, 0.717) is 6.42 Å². The van der Waals surface area contributed by atoms with Crippen molar-refractivity contribution in [1.82, 2.24) is 0 Å². The maximum Gasteiger partial charge on any atom is 0.145 e. The number of hydrogen-bond acceptors (Lipinski definition) is 2. The van der Waals surface area contributed by atoms with Crippen LogP contribution in [0, 0.1) is 0 Å². The third-order valence-electron chi connectivity index (χ3n) is 2.16. The molecule has 0 saturated carbocycles. The van der Waals surface area contributed by atoms with Crippen molar-refractivity contribution in [2.24, 2.45) is 0 Å². The van der Waals surface area contributed by atoms with E-state index in [1.165, 1.54) is 0 Å². The largest absolute Gasteiger partial charge is 0.468 e. The Morgan fingerprint density at radius 3 is 2.67 bits per heavy atom. The molecule has 12 heavy (non-hydrogen) atoms. The predicted octanol–water partition coefficient (Wildman–Crippen LogP) is 2.54. The molecule has 0 aliphatic rings. The van der Waals surface area contributed by atoms with Gasteiger partial charge in [0.15, 0.2) is 0 Å². The third-order valence-corrected chi connectivity index (χ3v) is 2.16. The van der Waals surface area contributed by atoms with Gasteiger partial charge in [0.1, 0.15) is 11.5 Å². The van der Waals surface area contributed by atoms with Gasteiger partial charge < -0.3 is 4.42 Å². The number of carbonyl (C=O) groups is 1. The first kappa shape index (κ1) is 9.04. The molecule has 2 heteroatoms. The van der Waals surface area contributed by atoms with Crippen LogP contribution in [0.15, 0.2) is 22.8 Å². The minimum atomic E-state index is -0.474. The molecule has 0 atom stereocenters. The maximum absolute atomic E-state index is 11.5. The van der Waals surface area contributed by atoms with Crippen molar-refractivity contribution in [3.8, 4) is 0 Å². The Labute approximate surface area is 72.6 Å². The fraction of sp³-hybridized carbons (Fsp3) is 0.500. The average Bonchev–Trinajstić information content (AvgIpc) is 2.55. The van der Waals surface area contributed by atoms with Crippen LogP contribution in [0.2, 0.25) is 0 Å². The summed E-state index contributed by atoms with van der Waals surface area (Å²) >= 11 is 0. The fourth-order valence-electron chi connectivity index (χ4n) is 1.21. The summed E-state index contributed by atoms with van der Waals surface area (Å²) in [4.78, 5) is 11.5. The van der Waals surface area contributed by atoms with E-state index < -0.39 is 5.41 Å². The number of hydrogen-bond donors (Lipinski definition) is 0. The van der Waals surface area contributed by atoms with Gasteiger partial charge in [0.25, 0.3) is 0 Å². The van der Waals surface area contributed by atoms with Gasteiger partial charge in [0.05, 0.1) is 11.7 Å². The second-order valence-corrected chi connectivity index (χ2v) is 3.38. The van der Waals surface area contributed by atoms with Crippen LogP contribution in [0.3, 0.4) is 0 Å². The normalized spacial score (nSPS) is 11.6. The summed E-state index contributed by atoms with van der Waals surface area (Å²) in [6.45, 7) is 5.64. The molecule has 66 valence electrons. The lowest BCUT2D eigenvalue weighted by Gasteiger charge is -2.19. The highest BCUT2D eigenvalue weighted by molar-refractivity contribution is 5.88. The number of ketones is 1. The molecule has 0 saturated heterocycles. The summed E-state index contributed by atoms with van der Waals surface area (Å²) in [5.74, 6) is 0.951. The van der Waals surface area contributed by atoms with Crippen LogP contribution in [0.4, 0.5) is 0 Å². The smallest absolute Gasteiger partial charge is 0.145 e. The second kappa shape index (κ2) is 3.13. The number of furan rings is 1. The van der Waals surface area contributed by atoms with Crippen LogP contribution in [0.5, 0.6) is 0 Å². The van der Waals surface area contributed by atoms with Crippen LogP contribution in [-0.4, -0.2) is 5.78 Å². The van der Waals surface area contributed by atoms with Gasteiger partial charge in [-0.05, 0) is 26.0 Å². The van der Waals surface area contributed by atoms with Gasteiger partial charge in [-0.2, -0.15) is 0 Å². The third kappa shape index (κ3) is 1.42. The van der Waals surface area contributed by atoms with Crippen molar-refractivity contribution in [3.05, 3.63) is 24.2 Å². The molecule has 1 aromatic rings. The lowest BCUT2D eigenvalue weighted by molar-refractivity contribution is -0.123. The van der Waals surface area contributed by atoms with Gasteiger partial charge >= 0.3 is 0 Å². The molecule has 2 nitrogen and oxygen atoms in total. The molecule has 0 unspecified atom stereocenters. The Bertz CT molecular complexity index is 257. The quantitative estimate of drug-likeness (QED) is 0.690. The molecule has 0 bridgehead atoms. The molecule has 0 radical (unpaired) electrons. The highest BCUT2D eigenvalue weighted by Crippen LogP contribution is 2.25. The van der Waals surface area contributed by atoms with Crippen molar-refractivity contribution in [3.63, 3.8) is 0 Å². The van der Waals surface area contributed by atoms with Crippen molar-refractivity contribution in [2.45, 2.75) is 32.6 Å². The summed E-state index contributed by atoms with van der Waals surface area (Å²) in [6, 6.07) is 3.65. The highest BCUT2D eigenvalue weighted by atomic mass is 16.3. The Morgan fingerprint density at radius 1 is 1.58 bits per heavy atom. The zero-order valence-corrected chi connectivity index (χ0v) is 7.76. The molecule has 1 rings (SSSR count). The van der Waals surface area contributed by atoms with Gasteiger partial charge in [-0.3, -0.25) is 4.79 Å². The van der Waals surface area contributed by atoms with Crippen molar-refractivity contribution < 1.29 is 9.21 Å². The average molecular weight is 166 g/mol. The van der Waals surface area contributed by atoms with Crippen LogP contribution in [0.25, 0.3) is 0 Å². The number of Topliss-reactive ketones (excluding diaryl/α,β-unsaturated/α-hetero) is 1. The summed E-state index contributed by atoms with van der Waals surface area (Å²) < 4.78 is 5.20. The highest BCUT2D eigenvalue weighted by Gasteiger charge is 2.30. The van der Waals surface area contributed by atoms with Crippen LogP contribution >= 0.6 is 0 Å². The van der Waals surface area contributed by atoms with Crippen LogP contribution in [-0.2, 0) is 10.2 Å². The Kier molecular flexibility index (Phi) is 2.36. The van der Waals surface area contributed by atoms with Gasteiger partial charge in [-0.1, -0.05) is 6.92 Å². The minimum Gasteiger partial charge on any atom is -0.468 e. The molecule has 0 aromatic carbocycles. The van der Waals surface area contributed by atoms with E-state index in [1.54, 1.807) is 12.3 Å². The summed E-state index contributed by atoms with van der Waals surface area (Å²) in [5, 5.41) is 0. The standard InChI is InChI=1S/C10H14O2/c1-4-8(11)10(2,3)9-6-5-7-12-9/h5-7H,4H2,1-3H3. The number of rotatable bonds is 3. The van der Waals surface area contributed by atoms with Gasteiger partial charge in [-0.15, -0.1) is 0 Å². The van der Waals surface area contributed by atoms with Gasteiger partial charge in [-0.25, -0.2) is 0 Å². The Balaban J connectivity index is 2.93. The van der Waals surface area contributed by atoms with Gasteiger partial charge in [0, 0.05) is 6.42 Å². The first-order valence-electron chi connectivity index (χ1n) is 4.16. The van der Waals surface area contributed by atoms with Crippen LogP contribution < -0.4 is 0 Å². The molecule has 0 fully saturated rings. The molecule has 0 amide bonds. The number of carbonyl (C=O) groups excluding carboxylic acids is 1. The van der Waals surface area contributed by atoms with E-state index in [-0.39, 0.29) is 5.78 Å². The van der Waals surface area contributed by atoms with Crippen molar-refractivity contribution in [2.75, 3.05) is 0 Å². The van der Waals surface area contributed by atoms with Gasteiger partial charge in [0.2, 0.25) is 0 Å². The first-order valence-corrected chi connectivity index (χ1v) is 4.16. The molecule has 1 aromatic heterocycles. The second-order valence-electron chi connectivity index (χ2n) is 3.38. The monoisotopic (exact) mass is 166 g/mol. The Morgan fingerprint density at radius 2 is 2.25 bits per heavy atom. The van der Waals surface area contributed by atoms with E-state index in [1.807, 2.05) is 26.8 Å². The lowest BCUT2D eigenvalue weighted by atomic mass is 9.84. The molecule has 0 N–H and O–H groups in total. The van der Waals surface area contributed by atoms with E-state index >= 15 is 0 Å². The molecule has 0 spiro atoms. The van der Waals surface area contributed by atoms with Crippen molar-refractivity contribution in [1.29, 1.82) is 0 Å². The predicted molar refractivity (Wildman–Crippen MR) is 47.0 cm³/mol. The molecule has 1 heterocycles. The molecular weight excluding hydrogens is 152 g/mol. The van der Waals surface area contributed by atoms with Crippen LogP contribution in [0.1, 0.15) is 33.0 Å². The zero-order valence-electron chi connectivity index (χ0n) is 7.76. The minimum absolute atomic E-state index is 0.206. The molecular formula is C10H14O2. The van der Waals surface area contributed by atoms with E-state index in [2.05, 4.69) is 0 Å². The Hall–Kier alpha value is -1.05. The van der Waals surface area contributed by atoms with E-state index in [4.69, 9.17) is 4.42 Å². The fourth-order valence-corrected chi connectivity index (χ4v) is 1.21. The van der Waals surface area contributed by atoms with E-state index in [0.717, 1.165) is 5.76 Å².